The van der Waals surface area contributed by atoms with E-state index < -0.39 is 11.9 Å². The van der Waals surface area contributed by atoms with Gasteiger partial charge in [0.25, 0.3) is 0 Å². The predicted molar refractivity (Wildman–Crippen MR) is 60.9 cm³/mol. The summed E-state index contributed by atoms with van der Waals surface area (Å²) in [5.41, 5.74) is 7.61. The molecule has 5 heteroatoms. The van der Waals surface area contributed by atoms with Gasteiger partial charge in [0.1, 0.15) is 0 Å². The number of benzene rings is 1. The van der Waals surface area contributed by atoms with E-state index in [1.54, 1.807) is 25.1 Å². The highest BCUT2D eigenvalue weighted by atomic mass is 16.5. The van der Waals surface area contributed by atoms with Gasteiger partial charge in [-0.05, 0) is 37.6 Å². The summed E-state index contributed by atoms with van der Waals surface area (Å²) in [6, 6.07) is 4.97. The van der Waals surface area contributed by atoms with Gasteiger partial charge < -0.3 is 15.8 Å². The van der Waals surface area contributed by atoms with Gasteiger partial charge in [-0.2, -0.15) is 0 Å². The van der Waals surface area contributed by atoms with Crippen molar-refractivity contribution in [1.82, 2.24) is 0 Å². The fraction of sp³-hybridized carbons (Fsp3) is 0.273. The summed E-state index contributed by atoms with van der Waals surface area (Å²) in [6.07, 6.45) is 0. The van der Waals surface area contributed by atoms with E-state index >= 15 is 0 Å². The van der Waals surface area contributed by atoms with Crippen LogP contribution in [0, 0.1) is 6.92 Å². The zero-order chi connectivity index (χ0) is 12.1. The van der Waals surface area contributed by atoms with Crippen LogP contribution < -0.4 is 11.1 Å². The number of carbonyl (C=O) groups excluding carboxylic acids is 2. The average Bonchev–Trinajstić information content (AvgIpc) is 2.24. The summed E-state index contributed by atoms with van der Waals surface area (Å²) >= 11 is 0. The van der Waals surface area contributed by atoms with E-state index in [2.05, 4.69) is 10.1 Å². The van der Waals surface area contributed by atoms with Crippen molar-refractivity contribution in [2.75, 3.05) is 17.7 Å². The van der Waals surface area contributed by atoms with Crippen LogP contribution in [0.3, 0.4) is 0 Å². The second-order valence-corrected chi connectivity index (χ2v) is 3.25. The summed E-state index contributed by atoms with van der Waals surface area (Å²) in [6.45, 7) is 3.63. The molecule has 0 saturated heterocycles. The third-order valence-electron chi connectivity index (χ3n) is 1.99. The molecule has 0 spiro atoms. The van der Waals surface area contributed by atoms with E-state index in [0.717, 1.165) is 5.56 Å². The Bertz CT molecular complexity index is 416. The third-order valence-corrected chi connectivity index (χ3v) is 1.99. The molecule has 0 aliphatic carbocycles. The molecule has 1 rings (SSSR count). The Balaban J connectivity index is 2.70. The van der Waals surface area contributed by atoms with E-state index in [0.29, 0.717) is 11.4 Å². The minimum atomic E-state index is -0.892. The Morgan fingerprint density at radius 2 is 2.12 bits per heavy atom. The molecule has 86 valence electrons. The van der Waals surface area contributed by atoms with Crippen LogP contribution in [0.2, 0.25) is 0 Å². The number of hydrogen-bond acceptors (Lipinski definition) is 4. The number of amides is 1. The molecule has 1 aromatic rings. The average molecular weight is 222 g/mol. The fourth-order valence-corrected chi connectivity index (χ4v) is 1.13. The molecule has 0 heterocycles. The van der Waals surface area contributed by atoms with E-state index in [4.69, 9.17) is 5.73 Å². The molecule has 0 bridgehead atoms. The molecule has 0 fully saturated rings. The van der Waals surface area contributed by atoms with Crippen LogP contribution >= 0.6 is 0 Å². The summed E-state index contributed by atoms with van der Waals surface area (Å²) in [5, 5.41) is 2.43. The maximum absolute atomic E-state index is 11.3. The highest BCUT2D eigenvalue weighted by Crippen LogP contribution is 2.16. The highest BCUT2D eigenvalue weighted by Gasteiger charge is 2.14. The molecule has 3 N–H and O–H groups in total. The Labute approximate surface area is 93.6 Å². The van der Waals surface area contributed by atoms with Crippen molar-refractivity contribution in [3.05, 3.63) is 23.8 Å². The first-order valence-electron chi connectivity index (χ1n) is 4.88. The number of hydrogen-bond donors (Lipinski definition) is 2. The van der Waals surface area contributed by atoms with Crippen molar-refractivity contribution in [2.24, 2.45) is 0 Å². The van der Waals surface area contributed by atoms with E-state index in [1.807, 2.05) is 6.92 Å². The number of aryl methyl sites for hydroxylation is 1. The van der Waals surface area contributed by atoms with Crippen LogP contribution in [0.1, 0.15) is 12.5 Å². The lowest BCUT2D eigenvalue weighted by Gasteiger charge is -2.06. The van der Waals surface area contributed by atoms with Crippen LogP contribution in [-0.4, -0.2) is 18.5 Å². The quantitative estimate of drug-likeness (QED) is 0.445. The number of ether oxygens (including phenoxy) is 1. The third kappa shape index (κ3) is 2.98. The smallest absolute Gasteiger partial charge is 0.397 e. The molecule has 0 aliphatic rings. The van der Waals surface area contributed by atoms with Gasteiger partial charge in [-0.3, -0.25) is 4.79 Å². The van der Waals surface area contributed by atoms with Crippen LogP contribution in [0.5, 0.6) is 0 Å². The molecule has 16 heavy (non-hydrogen) atoms. The summed E-state index contributed by atoms with van der Waals surface area (Å²) in [7, 11) is 0. The van der Waals surface area contributed by atoms with Gasteiger partial charge in [0.05, 0.1) is 6.61 Å². The molecule has 0 unspecified atom stereocenters. The van der Waals surface area contributed by atoms with Crippen LogP contribution in [0.25, 0.3) is 0 Å². The second-order valence-electron chi connectivity index (χ2n) is 3.25. The topological polar surface area (TPSA) is 81.4 Å². The second kappa shape index (κ2) is 5.16. The molecule has 0 aliphatic heterocycles. The SMILES string of the molecule is CCOC(=O)C(=O)Nc1ccc(N)c(C)c1. The first-order valence-corrected chi connectivity index (χ1v) is 4.88. The van der Waals surface area contributed by atoms with E-state index in [-0.39, 0.29) is 6.61 Å². The van der Waals surface area contributed by atoms with Gasteiger partial charge in [0.2, 0.25) is 0 Å². The molecule has 1 amide bonds. The zero-order valence-electron chi connectivity index (χ0n) is 9.24. The normalized spacial score (nSPS) is 9.62. The highest BCUT2D eigenvalue weighted by molar-refractivity contribution is 6.37. The van der Waals surface area contributed by atoms with E-state index in [1.165, 1.54) is 0 Å². The first-order chi connectivity index (χ1) is 7.54. The molecular formula is C11H14N2O3. The van der Waals surface area contributed by atoms with Gasteiger partial charge in [-0.1, -0.05) is 0 Å². The van der Waals surface area contributed by atoms with Crippen molar-refractivity contribution in [3.8, 4) is 0 Å². The Morgan fingerprint density at radius 3 is 2.69 bits per heavy atom. The zero-order valence-corrected chi connectivity index (χ0v) is 9.24. The largest absolute Gasteiger partial charge is 0.459 e. The number of nitrogen functional groups attached to an aromatic ring is 1. The minimum absolute atomic E-state index is 0.174. The number of nitrogens with one attached hydrogen (secondary N) is 1. The molecular weight excluding hydrogens is 208 g/mol. The van der Waals surface area contributed by atoms with Gasteiger partial charge >= 0.3 is 11.9 Å². The maximum atomic E-state index is 11.3. The summed E-state index contributed by atoms with van der Waals surface area (Å²) in [5.74, 6) is -1.68. The Kier molecular flexibility index (Phi) is 3.88. The van der Waals surface area contributed by atoms with Crippen molar-refractivity contribution < 1.29 is 14.3 Å². The maximum Gasteiger partial charge on any atom is 0.397 e. The number of rotatable bonds is 2. The molecule has 5 nitrogen and oxygen atoms in total. The Hall–Kier alpha value is -2.04. The molecule has 0 aromatic heterocycles. The van der Waals surface area contributed by atoms with Crippen molar-refractivity contribution >= 4 is 23.3 Å². The van der Waals surface area contributed by atoms with Crippen LogP contribution in [-0.2, 0) is 14.3 Å². The summed E-state index contributed by atoms with van der Waals surface area (Å²) in [4.78, 5) is 22.3. The van der Waals surface area contributed by atoms with Crippen molar-refractivity contribution in [3.63, 3.8) is 0 Å². The van der Waals surface area contributed by atoms with Gasteiger partial charge in [0.15, 0.2) is 0 Å². The number of carbonyl (C=O) groups is 2. The fourth-order valence-electron chi connectivity index (χ4n) is 1.13. The molecule has 1 aromatic carbocycles. The van der Waals surface area contributed by atoms with Crippen molar-refractivity contribution in [1.29, 1.82) is 0 Å². The predicted octanol–water partition coefficient (Wildman–Crippen LogP) is 1.08. The lowest BCUT2D eigenvalue weighted by Crippen LogP contribution is -2.25. The van der Waals surface area contributed by atoms with Crippen LogP contribution in [0.4, 0.5) is 11.4 Å². The van der Waals surface area contributed by atoms with Gasteiger partial charge in [0, 0.05) is 11.4 Å². The van der Waals surface area contributed by atoms with E-state index in [9.17, 15) is 9.59 Å². The molecule has 0 atom stereocenters. The molecule has 0 saturated carbocycles. The summed E-state index contributed by atoms with van der Waals surface area (Å²) < 4.78 is 4.55. The standard InChI is InChI=1S/C11H14N2O3/c1-3-16-11(15)10(14)13-8-4-5-9(12)7(2)6-8/h4-6H,3,12H2,1-2H3,(H,13,14). The lowest BCUT2D eigenvalue weighted by molar-refractivity contribution is -0.152. The van der Waals surface area contributed by atoms with Gasteiger partial charge in [-0.25, -0.2) is 4.79 Å². The molecule has 0 radical (unpaired) electrons. The Morgan fingerprint density at radius 1 is 1.44 bits per heavy atom. The monoisotopic (exact) mass is 222 g/mol. The number of anilines is 2. The number of nitrogens with two attached hydrogens (primary N) is 1. The van der Waals surface area contributed by atoms with Crippen molar-refractivity contribution in [2.45, 2.75) is 13.8 Å². The number of esters is 1. The minimum Gasteiger partial charge on any atom is -0.459 e. The lowest BCUT2D eigenvalue weighted by atomic mass is 10.2. The first kappa shape index (κ1) is 12.0. The van der Waals surface area contributed by atoms with Gasteiger partial charge in [-0.15, -0.1) is 0 Å². The van der Waals surface area contributed by atoms with Crippen LogP contribution in [0.15, 0.2) is 18.2 Å².